The van der Waals surface area contributed by atoms with Gasteiger partial charge in [-0.1, -0.05) is 97.1 Å². The third-order valence-electron chi connectivity index (χ3n) is 8.27. The van der Waals surface area contributed by atoms with Gasteiger partial charge in [0.15, 0.2) is 0 Å². The van der Waals surface area contributed by atoms with Crippen molar-refractivity contribution in [3.8, 4) is 45.2 Å². The van der Waals surface area contributed by atoms with Crippen LogP contribution >= 0.6 is 0 Å². The lowest BCUT2D eigenvalue weighted by Gasteiger charge is -2.34. The topological polar surface area (TPSA) is 23.4 Å². The van der Waals surface area contributed by atoms with Crippen LogP contribution in [0.15, 0.2) is 133 Å². The first-order valence-corrected chi connectivity index (χ1v) is 13.6. The van der Waals surface area contributed by atoms with Crippen LogP contribution in [0.1, 0.15) is 0 Å². The highest BCUT2D eigenvalue weighted by molar-refractivity contribution is 6.84. The molecule has 7 aromatic rings. The van der Waals surface area contributed by atoms with Gasteiger partial charge in [-0.05, 0) is 53.1 Å². The zero-order valence-electron chi connectivity index (χ0n) is 21.5. The van der Waals surface area contributed by atoms with E-state index < -0.39 is 0 Å². The maximum absolute atomic E-state index is 6.95. The molecule has 3 heterocycles. The fourth-order valence-electron chi connectivity index (χ4n) is 6.53. The van der Waals surface area contributed by atoms with Crippen LogP contribution in [-0.4, -0.2) is 11.5 Å². The van der Waals surface area contributed by atoms with E-state index in [9.17, 15) is 0 Å². The number of rotatable bonds is 2. The standard InChI is InChI=1S/C36H22BNO2/c1-2-11-23(12-3-1)24-21-28-27-15-6-9-20-33(27)40-37-29-16-10-19-32(36(29)39-34(22-24)35(28)37)38-30-17-7-4-13-25(30)26-14-5-8-18-31(26)38/h1-22H. The highest BCUT2D eigenvalue weighted by atomic mass is 16.5. The fourth-order valence-corrected chi connectivity index (χ4v) is 6.53. The Labute approximate surface area is 232 Å². The van der Waals surface area contributed by atoms with Crippen LogP contribution in [0, 0.1) is 0 Å². The van der Waals surface area contributed by atoms with Crippen LogP contribution in [0.3, 0.4) is 0 Å². The molecule has 3 nitrogen and oxygen atoms in total. The second-order valence-corrected chi connectivity index (χ2v) is 10.5. The van der Waals surface area contributed by atoms with Crippen molar-refractivity contribution in [3.05, 3.63) is 133 Å². The van der Waals surface area contributed by atoms with Gasteiger partial charge in [-0.2, -0.15) is 0 Å². The molecule has 186 valence electrons. The Kier molecular flexibility index (Phi) is 4.41. The largest absolute Gasteiger partial charge is 0.551 e. The molecule has 1 aromatic heterocycles. The summed E-state index contributed by atoms with van der Waals surface area (Å²) < 4.78 is 16.0. The average molecular weight is 511 g/mol. The van der Waals surface area contributed by atoms with E-state index >= 15 is 0 Å². The predicted molar refractivity (Wildman–Crippen MR) is 164 cm³/mol. The van der Waals surface area contributed by atoms with Crippen LogP contribution in [-0.2, 0) is 0 Å². The molecule has 0 atom stereocenters. The van der Waals surface area contributed by atoms with Crippen LogP contribution in [0.4, 0.5) is 0 Å². The maximum atomic E-state index is 6.95. The molecule has 0 saturated heterocycles. The third-order valence-corrected chi connectivity index (χ3v) is 8.27. The average Bonchev–Trinajstić information content (AvgIpc) is 3.35. The van der Waals surface area contributed by atoms with Gasteiger partial charge in [0, 0.05) is 27.3 Å². The first kappa shape index (κ1) is 21.7. The summed E-state index contributed by atoms with van der Waals surface area (Å²) in [5.74, 6) is 2.57. The van der Waals surface area contributed by atoms with Gasteiger partial charge < -0.3 is 14.0 Å². The molecule has 0 saturated carbocycles. The summed E-state index contributed by atoms with van der Waals surface area (Å²) >= 11 is 0. The molecule has 6 aromatic carbocycles. The Morgan fingerprint density at radius 3 is 2.02 bits per heavy atom. The van der Waals surface area contributed by atoms with E-state index in [1.807, 2.05) is 6.07 Å². The van der Waals surface area contributed by atoms with Crippen molar-refractivity contribution in [1.82, 2.24) is 4.57 Å². The minimum atomic E-state index is -0.262. The zero-order valence-corrected chi connectivity index (χ0v) is 21.5. The van der Waals surface area contributed by atoms with Gasteiger partial charge in [0.25, 0.3) is 0 Å². The summed E-state index contributed by atoms with van der Waals surface area (Å²) in [5.41, 5.74) is 9.99. The number of aromatic nitrogens is 1. The van der Waals surface area contributed by atoms with Crippen molar-refractivity contribution in [2.24, 2.45) is 0 Å². The molecule has 0 amide bonds. The van der Waals surface area contributed by atoms with E-state index in [-0.39, 0.29) is 6.92 Å². The van der Waals surface area contributed by atoms with Gasteiger partial charge in [0.05, 0.1) is 16.7 Å². The summed E-state index contributed by atoms with van der Waals surface area (Å²) in [7, 11) is 0. The molecule has 0 radical (unpaired) electrons. The normalized spacial score (nSPS) is 12.8. The van der Waals surface area contributed by atoms with Gasteiger partial charge >= 0.3 is 6.92 Å². The van der Waals surface area contributed by atoms with Crippen LogP contribution < -0.4 is 20.3 Å². The molecular formula is C36H22BNO2. The van der Waals surface area contributed by atoms with E-state index in [2.05, 4.69) is 132 Å². The lowest BCUT2D eigenvalue weighted by molar-refractivity contribution is 0.478. The van der Waals surface area contributed by atoms with Gasteiger partial charge in [-0.15, -0.1) is 0 Å². The molecule has 0 N–H and O–H groups in total. The monoisotopic (exact) mass is 511 g/mol. The molecule has 0 bridgehead atoms. The number of benzene rings is 6. The van der Waals surface area contributed by atoms with E-state index in [4.69, 9.17) is 9.39 Å². The molecule has 0 fully saturated rings. The number of para-hydroxylation sites is 4. The molecule has 9 rings (SSSR count). The molecule has 0 unspecified atom stereocenters. The smallest absolute Gasteiger partial charge is 0.434 e. The van der Waals surface area contributed by atoms with Crippen LogP contribution in [0.2, 0.25) is 0 Å². The lowest BCUT2D eigenvalue weighted by atomic mass is 9.50. The van der Waals surface area contributed by atoms with Crippen molar-refractivity contribution in [1.29, 1.82) is 0 Å². The van der Waals surface area contributed by atoms with E-state index in [1.165, 1.54) is 10.8 Å². The maximum Gasteiger partial charge on any atom is 0.434 e. The van der Waals surface area contributed by atoms with Crippen molar-refractivity contribution in [3.63, 3.8) is 0 Å². The number of ether oxygens (including phenoxy) is 1. The molecule has 0 spiro atoms. The molecule has 2 aliphatic rings. The Hall–Kier alpha value is -5.22. The van der Waals surface area contributed by atoms with Gasteiger partial charge in [0.1, 0.15) is 17.2 Å². The molecule has 4 heteroatoms. The first-order valence-electron chi connectivity index (χ1n) is 13.6. The second-order valence-electron chi connectivity index (χ2n) is 10.5. The third kappa shape index (κ3) is 2.96. The van der Waals surface area contributed by atoms with Crippen LogP contribution in [0.25, 0.3) is 49.7 Å². The first-order chi connectivity index (χ1) is 19.8. The summed E-state index contributed by atoms with van der Waals surface area (Å²) in [6.07, 6.45) is 0. The molecule has 0 aliphatic carbocycles. The quantitative estimate of drug-likeness (QED) is 0.222. The summed E-state index contributed by atoms with van der Waals surface area (Å²) in [5, 5.41) is 2.45. The number of hydrogen-bond donors (Lipinski definition) is 0. The van der Waals surface area contributed by atoms with Gasteiger partial charge in [0.2, 0.25) is 0 Å². The lowest BCUT2D eigenvalue weighted by Crippen LogP contribution is -2.53. The minimum absolute atomic E-state index is 0.262. The molecule has 2 aliphatic heterocycles. The zero-order chi connectivity index (χ0) is 26.2. The number of nitrogens with zero attached hydrogens (tertiary/aromatic N) is 1. The number of fused-ring (bicyclic) bond motifs is 7. The van der Waals surface area contributed by atoms with Crippen molar-refractivity contribution in [2.75, 3.05) is 0 Å². The summed E-state index contributed by atoms with van der Waals surface area (Å²) in [6, 6.07) is 46.9. The van der Waals surface area contributed by atoms with Crippen LogP contribution in [0.5, 0.6) is 17.2 Å². The Balaban J connectivity index is 1.33. The van der Waals surface area contributed by atoms with Gasteiger partial charge in [-0.3, -0.25) is 0 Å². The molecule has 40 heavy (non-hydrogen) atoms. The highest BCUT2D eigenvalue weighted by Gasteiger charge is 2.42. The Morgan fingerprint density at radius 2 is 1.23 bits per heavy atom. The summed E-state index contributed by atoms with van der Waals surface area (Å²) in [6.45, 7) is -0.262. The fraction of sp³-hybridized carbons (Fsp3) is 0. The SMILES string of the molecule is c1ccc(-c2cc3c4c(c2)-c2ccccc2OB4c2cccc(-n4c5ccccc5c5ccccc54)c2O3)cc1. The van der Waals surface area contributed by atoms with E-state index in [1.54, 1.807) is 0 Å². The predicted octanol–water partition coefficient (Wildman–Crippen LogP) is 7.72. The minimum Gasteiger partial charge on any atom is -0.551 e. The van der Waals surface area contributed by atoms with E-state index in [0.717, 1.165) is 67.1 Å². The Bertz CT molecular complexity index is 2080. The number of hydrogen-bond acceptors (Lipinski definition) is 2. The van der Waals surface area contributed by atoms with Crippen molar-refractivity contribution < 1.29 is 9.39 Å². The molecular weight excluding hydrogens is 489 g/mol. The van der Waals surface area contributed by atoms with Crippen molar-refractivity contribution >= 4 is 39.6 Å². The van der Waals surface area contributed by atoms with Gasteiger partial charge in [-0.25, -0.2) is 0 Å². The van der Waals surface area contributed by atoms with Crippen molar-refractivity contribution in [2.45, 2.75) is 0 Å². The highest BCUT2D eigenvalue weighted by Crippen LogP contribution is 2.43. The Morgan fingerprint density at radius 1 is 0.525 bits per heavy atom. The summed E-state index contributed by atoms with van der Waals surface area (Å²) in [4.78, 5) is 0. The van der Waals surface area contributed by atoms with E-state index in [0.29, 0.717) is 0 Å². The second kappa shape index (κ2) is 8.14.